The zero-order valence-electron chi connectivity index (χ0n) is 26.4. The molecule has 4 rings (SSSR count). The molecule has 1 saturated heterocycles. The average Bonchev–Trinajstić information content (AvgIpc) is 3.06. The monoisotopic (exact) mass is 695 g/mol. The molecule has 0 unspecified atom stereocenters. The number of ether oxygens (including phenoxy) is 3. The van der Waals surface area contributed by atoms with E-state index in [9.17, 15) is 36.3 Å². The number of carbonyl (C=O) groups is 3. The molecule has 0 bridgehead atoms. The van der Waals surface area contributed by atoms with Crippen LogP contribution in [0.15, 0.2) is 60.9 Å². The molecule has 2 aromatic carbocycles. The Morgan fingerprint density at radius 2 is 1.71 bits per heavy atom. The van der Waals surface area contributed by atoms with Crippen molar-refractivity contribution >= 4 is 17.8 Å². The van der Waals surface area contributed by atoms with Crippen LogP contribution in [0.5, 0.6) is 0 Å². The maximum Gasteiger partial charge on any atom is 0.407 e. The van der Waals surface area contributed by atoms with E-state index in [0.29, 0.717) is 6.42 Å². The van der Waals surface area contributed by atoms with Gasteiger partial charge in [-0.25, -0.2) is 18.0 Å². The normalized spacial score (nSPS) is 17.0. The summed E-state index contributed by atoms with van der Waals surface area (Å²) in [6.45, 7) is 0.186. The van der Waals surface area contributed by atoms with Gasteiger partial charge in [-0.2, -0.15) is 13.2 Å². The summed E-state index contributed by atoms with van der Waals surface area (Å²) < 4.78 is 96.3. The molecule has 3 aromatic rings. The first-order valence-electron chi connectivity index (χ1n) is 15.4. The first-order chi connectivity index (χ1) is 23.3. The van der Waals surface area contributed by atoms with E-state index in [1.807, 2.05) is 0 Å². The second kappa shape index (κ2) is 17.2. The van der Waals surface area contributed by atoms with Crippen LogP contribution in [-0.4, -0.2) is 74.1 Å². The number of halogens is 6. The number of pyridine rings is 1. The van der Waals surface area contributed by atoms with Crippen LogP contribution in [0.1, 0.15) is 47.4 Å². The van der Waals surface area contributed by atoms with E-state index in [1.165, 1.54) is 54.7 Å². The molecule has 0 radical (unpaired) electrons. The van der Waals surface area contributed by atoms with Crippen molar-refractivity contribution in [3.63, 3.8) is 0 Å². The first-order valence-corrected chi connectivity index (χ1v) is 15.4. The third-order valence-corrected chi connectivity index (χ3v) is 7.96. The highest BCUT2D eigenvalue weighted by molar-refractivity contribution is 5.90. The molecule has 3 atom stereocenters. The van der Waals surface area contributed by atoms with Crippen LogP contribution >= 0.6 is 0 Å². The number of alkyl halides is 3. The van der Waals surface area contributed by atoms with E-state index >= 15 is 4.39 Å². The number of rotatable bonds is 14. The molecule has 264 valence electrons. The first kappa shape index (κ1) is 37.3. The minimum atomic E-state index is -4.46. The zero-order valence-corrected chi connectivity index (χ0v) is 26.4. The van der Waals surface area contributed by atoms with Gasteiger partial charge in [0, 0.05) is 25.1 Å². The molecule has 0 saturated carbocycles. The van der Waals surface area contributed by atoms with Crippen molar-refractivity contribution in [3.8, 4) is 0 Å². The molecule has 0 aliphatic carbocycles. The number of Topliss-reactive ketones (excluding diaryl/α,β-unsaturated/α-hetero) is 1. The van der Waals surface area contributed by atoms with Crippen molar-refractivity contribution in [2.24, 2.45) is 0 Å². The van der Waals surface area contributed by atoms with Crippen LogP contribution < -0.4 is 10.6 Å². The highest BCUT2D eigenvalue weighted by Crippen LogP contribution is 2.31. The van der Waals surface area contributed by atoms with Gasteiger partial charge in [0.2, 0.25) is 0 Å². The fourth-order valence-electron chi connectivity index (χ4n) is 5.52. The van der Waals surface area contributed by atoms with Crippen molar-refractivity contribution in [2.75, 3.05) is 26.9 Å². The molecule has 0 spiro atoms. The molecule has 2 heterocycles. The maximum atomic E-state index is 15.2. The van der Waals surface area contributed by atoms with Gasteiger partial charge in [-0.15, -0.1) is 0 Å². The largest absolute Gasteiger partial charge is 0.464 e. The van der Waals surface area contributed by atoms with Crippen LogP contribution in [0.25, 0.3) is 0 Å². The van der Waals surface area contributed by atoms with Crippen LogP contribution in [0.3, 0.4) is 0 Å². The Morgan fingerprint density at radius 3 is 2.29 bits per heavy atom. The number of carbonyl (C=O) groups excluding carboxylic acids is 3. The van der Waals surface area contributed by atoms with Gasteiger partial charge < -0.3 is 24.8 Å². The number of hydrogen-bond donors (Lipinski definition) is 2. The summed E-state index contributed by atoms with van der Waals surface area (Å²) in [5, 5.41) is 5.59. The van der Waals surface area contributed by atoms with E-state index in [4.69, 9.17) is 14.2 Å². The van der Waals surface area contributed by atoms with Crippen LogP contribution in [0, 0.1) is 17.5 Å². The lowest BCUT2D eigenvalue weighted by Gasteiger charge is -2.30. The maximum absolute atomic E-state index is 15.2. The zero-order chi connectivity index (χ0) is 35.6. The number of morpholine rings is 1. The summed E-state index contributed by atoms with van der Waals surface area (Å²) in [7, 11) is 1.10. The molecule has 49 heavy (non-hydrogen) atoms. The number of hydrogen-bond acceptors (Lipinski definition) is 8. The van der Waals surface area contributed by atoms with Gasteiger partial charge in [0.25, 0.3) is 0 Å². The molecule has 2 N–H and O–H groups in total. The Morgan fingerprint density at radius 1 is 1.04 bits per heavy atom. The van der Waals surface area contributed by atoms with Gasteiger partial charge in [-0.05, 0) is 59.4 Å². The molecule has 15 heteroatoms. The molecule has 1 aliphatic rings. The molecular weight excluding hydrogens is 660 g/mol. The number of amides is 1. The summed E-state index contributed by atoms with van der Waals surface area (Å²) in [5.41, 5.74) is 0.951. The second-order valence-corrected chi connectivity index (χ2v) is 11.5. The molecular formula is C34H35F6N3O6. The van der Waals surface area contributed by atoms with Gasteiger partial charge >= 0.3 is 18.2 Å². The van der Waals surface area contributed by atoms with Crippen molar-refractivity contribution in [3.05, 3.63) is 101 Å². The van der Waals surface area contributed by atoms with E-state index in [-0.39, 0.29) is 48.4 Å². The van der Waals surface area contributed by atoms with Gasteiger partial charge in [-0.1, -0.05) is 24.3 Å². The van der Waals surface area contributed by atoms with E-state index < -0.39 is 84.8 Å². The Kier molecular flexibility index (Phi) is 13.1. The quantitative estimate of drug-likeness (QED) is 0.172. The van der Waals surface area contributed by atoms with Crippen molar-refractivity contribution < 1.29 is 54.9 Å². The van der Waals surface area contributed by atoms with E-state index in [0.717, 1.165) is 13.3 Å². The van der Waals surface area contributed by atoms with Gasteiger partial charge in [0.15, 0.2) is 5.78 Å². The topological polar surface area (TPSA) is 116 Å². The number of benzene rings is 2. The number of nitrogens with one attached hydrogen (secondary N) is 2. The lowest BCUT2D eigenvalue weighted by atomic mass is 9.81. The van der Waals surface area contributed by atoms with Gasteiger partial charge in [0.05, 0.1) is 44.9 Å². The molecule has 1 aliphatic heterocycles. The smallest absolute Gasteiger partial charge is 0.407 e. The van der Waals surface area contributed by atoms with Crippen molar-refractivity contribution in [2.45, 2.75) is 62.4 Å². The Bertz CT molecular complexity index is 1550. The summed E-state index contributed by atoms with van der Waals surface area (Å²) in [4.78, 5) is 41.9. The molecule has 1 aromatic heterocycles. The van der Waals surface area contributed by atoms with E-state index in [2.05, 4.69) is 15.6 Å². The second-order valence-electron chi connectivity index (χ2n) is 11.5. The number of nitrogens with zero attached hydrogens (tertiary/aromatic N) is 1. The molecule has 1 amide bonds. The summed E-state index contributed by atoms with van der Waals surface area (Å²) in [6.07, 6.45) is -5.55. The fraction of sp³-hybridized carbons (Fsp3) is 0.412. The third-order valence-electron chi connectivity index (χ3n) is 7.96. The van der Waals surface area contributed by atoms with Gasteiger partial charge in [0.1, 0.15) is 30.1 Å². The highest BCUT2D eigenvalue weighted by atomic mass is 19.4. The lowest BCUT2D eigenvalue weighted by Crippen LogP contribution is -2.49. The van der Waals surface area contributed by atoms with Crippen LogP contribution in [0.2, 0.25) is 0 Å². The molecule has 9 nitrogen and oxygen atoms in total. The van der Waals surface area contributed by atoms with Crippen LogP contribution in [0.4, 0.5) is 31.1 Å². The number of esters is 1. The van der Waals surface area contributed by atoms with E-state index in [1.54, 1.807) is 0 Å². The minimum Gasteiger partial charge on any atom is -0.464 e. The number of alkyl carbamates (subject to hydrolysis) is 1. The SMILES string of the molecule is COC(=O)N[C@H](C(=O)Cc1cncc(F)c1CC[C@@H]1CN[C@H](COC(=O)CCC(F)(F)F)CO1)C(c1cccc(F)c1)c1cccc(F)c1. The third kappa shape index (κ3) is 11.3. The number of methoxy groups -OCH3 is 1. The predicted octanol–water partition coefficient (Wildman–Crippen LogP) is 5.34. The number of ketones is 1. The summed E-state index contributed by atoms with van der Waals surface area (Å²) in [5.74, 6) is -4.55. The highest BCUT2D eigenvalue weighted by Gasteiger charge is 2.34. The minimum absolute atomic E-state index is 0.0871. The lowest BCUT2D eigenvalue weighted by molar-refractivity contribution is -0.158. The van der Waals surface area contributed by atoms with Crippen molar-refractivity contribution in [1.82, 2.24) is 15.6 Å². The fourth-order valence-corrected chi connectivity index (χ4v) is 5.52. The number of aromatic nitrogens is 1. The predicted molar refractivity (Wildman–Crippen MR) is 163 cm³/mol. The Labute approximate surface area is 278 Å². The Hall–Kier alpha value is -4.50. The average molecular weight is 696 g/mol. The Balaban J connectivity index is 1.45. The van der Waals surface area contributed by atoms with Crippen LogP contribution in [-0.2, 0) is 36.6 Å². The standard InChI is InChI=1S/C34H35F6N3O6/c1-47-33(46)43-32(31(20-4-2-6-23(35)12-20)21-5-3-7-24(36)13-21)29(44)14-22-15-41-17-28(37)27(22)9-8-26-16-42-25(18-48-26)19-49-30(45)10-11-34(38,39)40/h2-7,12-13,15,17,25-26,31-32,42H,8-11,14,16,18-19H2,1H3,(H,43,46)/t25-,26+,32+/m0/s1. The van der Waals surface area contributed by atoms with Gasteiger partial charge in [-0.3, -0.25) is 14.6 Å². The summed E-state index contributed by atoms with van der Waals surface area (Å²) >= 11 is 0. The van der Waals surface area contributed by atoms with Crippen molar-refractivity contribution in [1.29, 1.82) is 0 Å². The molecule has 1 fully saturated rings. The summed E-state index contributed by atoms with van der Waals surface area (Å²) in [6, 6.07) is 8.81.